The molecule has 1 aliphatic rings. The molecule has 29 heavy (non-hydrogen) atoms. The summed E-state index contributed by atoms with van der Waals surface area (Å²) in [6, 6.07) is 7.39. The molecule has 0 aliphatic carbocycles. The molecule has 0 atom stereocenters. The van der Waals surface area contributed by atoms with Gasteiger partial charge in [0, 0.05) is 31.5 Å². The first-order valence-corrected chi connectivity index (χ1v) is 9.43. The van der Waals surface area contributed by atoms with Crippen molar-refractivity contribution in [2.45, 2.75) is 25.8 Å². The fourth-order valence-corrected chi connectivity index (χ4v) is 3.06. The highest BCUT2D eigenvalue weighted by Crippen LogP contribution is 2.21. The predicted molar refractivity (Wildman–Crippen MR) is 105 cm³/mol. The predicted octanol–water partition coefficient (Wildman–Crippen LogP) is 1.95. The molecule has 0 spiro atoms. The van der Waals surface area contributed by atoms with Crippen LogP contribution in [0, 0.1) is 6.92 Å². The summed E-state index contributed by atoms with van der Waals surface area (Å²) in [6.45, 7) is 3.24. The summed E-state index contributed by atoms with van der Waals surface area (Å²) in [5.74, 6) is 0.727. The second-order valence-corrected chi connectivity index (χ2v) is 6.81. The molecular formula is C20H22N6O3. The molecule has 4 rings (SSSR count). The molecular weight excluding hydrogens is 372 g/mol. The SMILES string of the molecule is COc1ccc(-n2nc(C(=O)NC3CCOCC3)nc2-c2ccc(C)cn2)cn1. The van der Waals surface area contributed by atoms with Gasteiger partial charge in [-0.2, -0.15) is 0 Å². The molecule has 1 aliphatic heterocycles. The van der Waals surface area contributed by atoms with Gasteiger partial charge >= 0.3 is 0 Å². The summed E-state index contributed by atoms with van der Waals surface area (Å²) in [7, 11) is 1.55. The highest BCUT2D eigenvalue weighted by Gasteiger charge is 2.23. The third kappa shape index (κ3) is 4.24. The maximum Gasteiger partial charge on any atom is 0.291 e. The molecule has 3 aromatic rings. The maximum absolute atomic E-state index is 12.7. The lowest BCUT2D eigenvalue weighted by molar-refractivity contribution is 0.0691. The standard InChI is InChI=1S/C20H22N6O3/c1-13-3-5-16(21-11-13)19-24-18(20(27)23-14-7-9-29-10-8-14)25-26(19)15-4-6-17(28-2)22-12-15/h3-6,11-12,14H,7-10H2,1-2H3,(H,23,27). The molecule has 150 valence electrons. The highest BCUT2D eigenvalue weighted by molar-refractivity contribution is 5.91. The van der Waals surface area contributed by atoms with Crippen LogP contribution in [0.2, 0.25) is 0 Å². The molecule has 9 heteroatoms. The number of hydrogen-bond acceptors (Lipinski definition) is 7. The third-order valence-corrected chi connectivity index (χ3v) is 4.68. The largest absolute Gasteiger partial charge is 0.481 e. The van der Waals surface area contributed by atoms with Crippen molar-refractivity contribution >= 4 is 5.91 Å². The number of aryl methyl sites for hydroxylation is 1. The Labute approximate surface area is 168 Å². The smallest absolute Gasteiger partial charge is 0.291 e. The van der Waals surface area contributed by atoms with E-state index in [1.807, 2.05) is 19.1 Å². The molecule has 0 aromatic carbocycles. The van der Waals surface area contributed by atoms with Crippen molar-refractivity contribution < 1.29 is 14.3 Å². The van der Waals surface area contributed by atoms with E-state index in [0.717, 1.165) is 18.4 Å². The normalized spacial score (nSPS) is 14.6. The number of nitrogens with one attached hydrogen (secondary N) is 1. The lowest BCUT2D eigenvalue weighted by Crippen LogP contribution is -2.39. The summed E-state index contributed by atoms with van der Waals surface area (Å²) in [4.78, 5) is 25.9. The number of hydrogen-bond donors (Lipinski definition) is 1. The van der Waals surface area contributed by atoms with Crippen LogP contribution in [0.3, 0.4) is 0 Å². The first kappa shape index (κ1) is 19.0. The van der Waals surface area contributed by atoms with Crippen molar-refractivity contribution in [1.82, 2.24) is 30.0 Å². The highest BCUT2D eigenvalue weighted by atomic mass is 16.5. The average Bonchev–Trinajstić information content (AvgIpc) is 3.21. The maximum atomic E-state index is 12.7. The lowest BCUT2D eigenvalue weighted by Gasteiger charge is -2.22. The molecule has 3 aromatic heterocycles. The summed E-state index contributed by atoms with van der Waals surface area (Å²) in [5.41, 5.74) is 2.30. The molecule has 9 nitrogen and oxygen atoms in total. The Balaban J connectivity index is 1.69. The molecule has 0 bridgehead atoms. The van der Waals surface area contributed by atoms with Crippen LogP contribution in [-0.4, -0.2) is 57.0 Å². The number of carbonyl (C=O) groups is 1. The Kier molecular flexibility index (Phi) is 5.48. The van der Waals surface area contributed by atoms with Crippen LogP contribution >= 0.6 is 0 Å². The minimum absolute atomic E-state index is 0.0619. The number of carbonyl (C=O) groups excluding carboxylic acids is 1. The molecule has 0 unspecified atom stereocenters. The van der Waals surface area contributed by atoms with Crippen molar-refractivity contribution in [3.8, 4) is 23.1 Å². The van der Waals surface area contributed by atoms with E-state index >= 15 is 0 Å². The molecule has 1 amide bonds. The first-order valence-electron chi connectivity index (χ1n) is 9.43. The minimum Gasteiger partial charge on any atom is -0.481 e. The fourth-order valence-electron chi connectivity index (χ4n) is 3.06. The summed E-state index contributed by atoms with van der Waals surface area (Å²) in [5, 5.41) is 7.43. The Morgan fingerprint density at radius 3 is 2.66 bits per heavy atom. The van der Waals surface area contributed by atoms with Gasteiger partial charge in [0.15, 0.2) is 5.82 Å². The Morgan fingerprint density at radius 2 is 2.00 bits per heavy atom. The van der Waals surface area contributed by atoms with Crippen LogP contribution in [0.25, 0.3) is 17.2 Å². The van der Waals surface area contributed by atoms with E-state index < -0.39 is 0 Å². The van der Waals surface area contributed by atoms with Crippen molar-refractivity contribution in [2.75, 3.05) is 20.3 Å². The zero-order chi connectivity index (χ0) is 20.2. The summed E-state index contributed by atoms with van der Waals surface area (Å²) >= 11 is 0. The van der Waals surface area contributed by atoms with Crippen LogP contribution in [0.5, 0.6) is 5.88 Å². The average molecular weight is 394 g/mol. The van der Waals surface area contributed by atoms with E-state index in [0.29, 0.717) is 36.3 Å². The van der Waals surface area contributed by atoms with E-state index in [-0.39, 0.29) is 17.8 Å². The number of rotatable bonds is 5. The second-order valence-electron chi connectivity index (χ2n) is 6.81. The zero-order valence-corrected chi connectivity index (χ0v) is 16.3. The number of aromatic nitrogens is 5. The van der Waals surface area contributed by atoms with Crippen LogP contribution in [0.1, 0.15) is 29.0 Å². The van der Waals surface area contributed by atoms with Crippen LogP contribution in [-0.2, 0) is 4.74 Å². The molecule has 1 fully saturated rings. The van der Waals surface area contributed by atoms with Gasteiger partial charge in [0.05, 0.1) is 19.0 Å². The van der Waals surface area contributed by atoms with Crippen LogP contribution < -0.4 is 10.1 Å². The Hall–Kier alpha value is -3.33. The lowest BCUT2D eigenvalue weighted by atomic mass is 10.1. The number of methoxy groups -OCH3 is 1. The molecule has 0 saturated carbocycles. The zero-order valence-electron chi connectivity index (χ0n) is 16.3. The van der Waals surface area contributed by atoms with E-state index in [4.69, 9.17) is 9.47 Å². The van der Waals surface area contributed by atoms with Gasteiger partial charge in [0.2, 0.25) is 11.7 Å². The van der Waals surface area contributed by atoms with Gasteiger partial charge in [-0.15, -0.1) is 5.10 Å². The number of pyridine rings is 2. The van der Waals surface area contributed by atoms with Crippen LogP contribution in [0.15, 0.2) is 36.7 Å². The molecule has 1 saturated heterocycles. The van der Waals surface area contributed by atoms with E-state index in [2.05, 4.69) is 25.4 Å². The monoisotopic (exact) mass is 394 g/mol. The fraction of sp³-hybridized carbons (Fsp3) is 0.350. The van der Waals surface area contributed by atoms with Crippen molar-refractivity contribution in [3.63, 3.8) is 0 Å². The van der Waals surface area contributed by atoms with Gasteiger partial charge in [0.1, 0.15) is 5.69 Å². The molecule has 0 radical (unpaired) electrons. The van der Waals surface area contributed by atoms with Crippen LogP contribution in [0.4, 0.5) is 0 Å². The van der Waals surface area contributed by atoms with E-state index in [1.165, 1.54) is 0 Å². The first-order chi connectivity index (χ1) is 14.1. The van der Waals surface area contributed by atoms with Crippen molar-refractivity contribution in [2.24, 2.45) is 0 Å². The Morgan fingerprint density at radius 1 is 1.17 bits per heavy atom. The quantitative estimate of drug-likeness (QED) is 0.705. The van der Waals surface area contributed by atoms with E-state index in [1.54, 1.807) is 36.3 Å². The van der Waals surface area contributed by atoms with Gasteiger partial charge < -0.3 is 14.8 Å². The topological polar surface area (TPSA) is 104 Å². The Bertz CT molecular complexity index is 978. The van der Waals surface area contributed by atoms with Crippen molar-refractivity contribution in [3.05, 3.63) is 48.0 Å². The number of ether oxygens (including phenoxy) is 2. The molecule has 4 heterocycles. The van der Waals surface area contributed by atoms with Gasteiger partial charge in [-0.05, 0) is 37.5 Å². The summed E-state index contributed by atoms with van der Waals surface area (Å²) < 4.78 is 12.0. The summed E-state index contributed by atoms with van der Waals surface area (Å²) in [6.07, 6.45) is 4.93. The minimum atomic E-state index is -0.314. The number of amides is 1. The van der Waals surface area contributed by atoms with Gasteiger partial charge in [0.25, 0.3) is 5.91 Å². The number of nitrogens with zero attached hydrogens (tertiary/aromatic N) is 5. The van der Waals surface area contributed by atoms with Gasteiger partial charge in [-0.1, -0.05) is 6.07 Å². The van der Waals surface area contributed by atoms with Crippen molar-refractivity contribution in [1.29, 1.82) is 0 Å². The molecule has 1 N–H and O–H groups in total. The van der Waals surface area contributed by atoms with Gasteiger partial charge in [-0.25, -0.2) is 14.6 Å². The van der Waals surface area contributed by atoms with Gasteiger partial charge in [-0.3, -0.25) is 9.78 Å². The van der Waals surface area contributed by atoms with E-state index in [9.17, 15) is 4.79 Å². The second kappa shape index (κ2) is 8.36. The third-order valence-electron chi connectivity index (χ3n) is 4.68.